The van der Waals surface area contributed by atoms with Gasteiger partial charge in [0.05, 0.1) is 17.3 Å². The Balaban J connectivity index is 1.92. The fraction of sp³-hybridized carbons (Fsp3) is 0.444. The molecule has 122 valence electrons. The highest BCUT2D eigenvalue weighted by Crippen LogP contribution is 2.35. The lowest BCUT2D eigenvalue weighted by atomic mass is 9.97. The Morgan fingerprint density at radius 3 is 2.87 bits per heavy atom. The summed E-state index contributed by atoms with van der Waals surface area (Å²) in [5.41, 5.74) is 3.09. The predicted molar refractivity (Wildman–Crippen MR) is 88.4 cm³/mol. The highest BCUT2D eigenvalue weighted by Gasteiger charge is 2.37. The number of aromatic nitrogens is 2. The summed E-state index contributed by atoms with van der Waals surface area (Å²) < 4.78 is 7.78. The molecular formula is C18H23N3O2. The van der Waals surface area contributed by atoms with Gasteiger partial charge < -0.3 is 10.1 Å². The molecule has 5 nitrogen and oxygen atoms in total. The number of para-hydroxylation sites is 1. The normalized spacial score (nSPS) is 20.9. The fourth-order valence-corrected chi connectivity index (χ4v) is 3.07. The van der Waals surface area contributed by atoms with Crippen LogP contribution in [0.4, 0.5) is 0 Å². The van der Waals surface area contributed by atoms with E-state index >= 15 is 0 Å². The molecule has 1 fully saturated rings. The van der Waals surface area contributed by atoms with Gasteiger partial charge in [-0.05, 0) is 44.9 Å². The Morgan fingerprint density at radius 2 is 2.13 bits per heavy atom. The van der Waals surface area contributed by atoms with Crippen LogP contribution in [0.25, 0.3) is 5.69 Å². The van der Waals surface area contributed by atoms with Gasteiger partial charge in [0.15, 0.2) is 0 Å². The van der Waals surface area contributed by atoms with E-state index in [4.69, 9.17) is 4.74 Å². The number of nitrogens with zero attached hydrogens (tertiary/aromatic N) is 2. The van der Waals surface area contributed by atoms with Crippen molar-refractivity contribution < 1.29 is 9.53 Å². The van der Waals surface area contributed by atoms with Gasteiger partial charge in [0.1, 0.15) is 6.10 Å². The van der Waals surface area contributed by atoms with Crippen molar-refractivity contribution in [3.63, 3.8) is 0 Å². The number of benzene rings is 1. The zero-order chi connectivity index (χ0) is 16.4. The standard InChI is InChI=1S/C18H23N3O2/c1-12(2)20-18(22)14-9-11-23-17(14)16-8-10-19-21(16)15-7-5-4-6-13(15)3/h4-8,10,12,14,17H,9,11H2,1-3H3,(H,20,22)/t14-,17-/m0/s1. The van der Waals surface area contributed by atoms with Crippen molar-refractivity contribution in [1.29, 1.82) is 0 Å². The molecule has 2 heterocycles. The van der Waals surface area contributed by atoms with Crippen LogP contribution in [-0.2, 0) is 9.53 Å². The molecule has 2 atom stereocenters. The van der Waals surface area contributed by atoms with Gasteiger partial charge in [-0.1, -0.05) is 18.2 Å². The summed E-state index contributed by atoms with van der Waals surface area (Å²) in [5.74, 6) is -0.114. The minimum absolute atomic E-state index is 0.0556. The van der Waals surface area contributed by atoms with Crippen molar-refractivity contribution in [3.8, 4) is 5.69 Å². The lowest BCUT2D eigenvalue weighted by molar-refractivity contribution is -0.127. The zero-order valence-electron chi connectivity index (χ0n) is 13.8. The quantitative estimate of drug-likeness (QED) is 0.944. The van der Waals surface area contributed by atoms with Crippen LogP contribution < -0.4 is 5.32 Å². The van der Waals surface area contributed by atoms with Gasteiger partial charge >= 0.3 is 0 Å². The number of carbonyl (C=O) groups is 1. The third kappa shape index (κ3) is 3.15. The van der Waals surface area contributed by atoms with E-state index in [0.29, 0.717) is 6.61 Å². The summed E-state index contributed by atoms with van der Waals surface area (Å²) in [5, 5.41) is 7.45. The molecule has 0 unspecified atom stereocenters. The summed E-state index contributed by atoms with van der Waals surface area (Å²) in [7, 11) is 0. The van der Waals surface area contributed by atoms with Crippen LogP contribution in [0.1, 0.15) is 37.6 Å². The third-order valence-corrected chi connectivity index (χ3v) is 4.17. The lowest BCUT2D eigenvalue weighted by Crippen LogP contribution is -2.37. The van der Waals surface area contributed by atoms with Crippen LogP contribution in [-0.4, -0.2) is 28.3 Å². The average Bonchev–Trinajstić information content (AvgIpc) is 3.15. The first-order valence-corrected chi connectivity index (χ1v) is 8.10. The summed E-state index contributed by atoms with van der Waals surface area (Å²) in [4.78, 5) is 12.5. The van der Waals surface area contributed by atoms with Crippen LogP contribution in [0.2, 0.25) is 0 Å². The maximum absolute atomic E-state index is 12.5. The Hall–Kier alpha value is -2.14. The van der Waals surface area contributed by atoms with Crippen molar-refractivity contribution >= 4 is 5.91 Å². The van der Waals surface area contributed by atoms with Crippen LogP contribution >= 0.6 is 0 Å². The molecule has 1 aromatic heterocycles. The monoisotopic (exact) mass is 313 g/mol. The molecule has 1 aromatic carbocycles. The maximum Gasteiger partial charge on any atom is 0.226 e. The number of rotatable bonds is 4. The second-order valence-electron chi connectivity index (χ2n) is 6.30. The molecule has 0 radical (unpaired) electrons. The van der Waals surface area contributed by atoms with Gasteiger partial charge in [0, 0.05) is 18.8 Å². The molecule has 0 bridgehead atoms. The highest BCUT2D eigenvalue weighted by atomic mass is 16.5. The molecule has 0 aliphatic carbocycles. The SMILES string of the molecule is Cc1ccccc1-n1nccc1[C@H]1OCC[C@@H]1C(=O)NC(C)C. The van der Waals surface area contributed by atoms with Gasteiger partial charge in [0.2, 0.25) is 5.91 Å². The number of hydrogen-bond donors (Lipinski definition) is 1. The van der Waals surface area contributed by atoms with E-state index in [-0.39, 0.29) is 24.0 Å². The summed E-state index contributed by atoms with van der Waals surface area (Å²) in [6.45, 7) is 6.60. The molecule has 23 heavy (non-hydrogen) atoms. The molecule has 1 N–H and O–H groups in total. The van der Waals surface area contributed by atoms with E-state index in [9.17, 15) is 4.79 Å². The Labute approximate surface area is 136 Å². The predicted octanol–water partition coefficient (Wildman–Crippen LogP) is 2.78. The molecule has 1 amide bonds. The van der Waals surface area contributed by atoms with E-state index in [0.717, 1.165) is 23.4 Å². The van der Waals surface area contributed by atoms with Crippen molar-refractivity contribution in [3.05, 3.63) is 47.8 Å². The van der Waals surface area contributed by atoms with Crippen molar-refractivity contribution in [1.82, 2.24) is 15.1 Å². The molecule has 1 aliphatic heterocycles. The van der Waals surface area contributed by atoms with Crippen LogP contribution in [0.5, 0.6) is 0 Å². The number of ether oxygens (including phenoxy) is 1. The molecule has 0 saturated carbocycles. The Bertz CT molecular complexity index is 693. The topological polar surface area (TPSA) is 56.2 Å². The van der Waals surface area contributed by atoms with Gasteiger partial charge in [-0.2, -0.15) is 5.10 Å². The maximum atomic E-state index is 12.5. The Kier molecular flexibility index (Phi) is 4.48. The van der Waals surface area contributed by atoms with Crippen molar-refractivity contribution in [2.45, 2.75) is 39.3 Å². The highest BCUT2D eigenvalue weighted by molar-refractivity contribution is 5.80. The second kappa shape index (κ2) is 6.54. The Morgan fingerprint density at radius 1 is 1.35 bits per heavy atom. The molecule has 1 saturated heterocycles. The molecule has 1 aliphatic rings. The van der Waals surface area contributed by atoms with Gasteiger partial charge in [-0.3, -0.25) is 4.79 Å². The third-order valence-electron chi connectivity index (χ3n) is 4.17. The largest absolute Gasteiger partial charge is 0.371 e. The smallest absolute Gasteiger partial charge is 0.226 e. The number of amides is 1. The fourth-order valence-electron chi connectivity index (χ4n) is 3.07. The number of aryl methyl sites for hydroxylation is 1. The van der Waals surface area contributed by atoms with Crippen molar-refractivity contribution in [2.75, 3.05) is 6.61 Å². The van der Waals surface area contributed by atoms with E-state index < -0.39 is 0 Å². The second-order valence-corrected chi connectivity index (χ2v) is 6.30. The first-order valence-electron chi connectivity index (χ1n) is 8.10. The number of hydrogen-bond acceptors (Lipinski definition) is 3. The van der Waals surface area contributed by atoms with E-state index in [1.54, 1.807) is 6.20 Å². The van der Waals surface area contributed by atoms with E-state index in [2.05, 4.69) is 23.4 Å². The minimum atomic E-state index is -0.254. The van der Waals surface area contributed by atoms with Crippen molar-refractivity contribution in [2.24, 2.45) is 5.92 Å². The van der Waals surface area contributed by atoms with Crippen LogP contribution in [0, 0.1) is 12.8 Å². The lowest BCUT2D eigenvalue weighted by Gasteiger charge is -2.21. The average molecular weight is 313 g/mol. The molecular weight excluding hydrogens is 290 g/mol. The summed E-state index contributed by atoms with van der Waals surface area (Å²) >= 11 is 0. The van der Waals surface area contributed by atoms with Crippen LogP contribution in [0.3, 0.4) is 0 Å². The zero-order valence-corrected chi connectivity index (χ0v) is 13.8. The molecule has 2 aromatic rings. The molecule has 0 spiro atoms. The first kappa shape index (κ1) is 15.7. The first-order chi connectivity index (χ1) is 11.1. The molecule has 3 rings (SSSR count). The minimum Gasteiger partial charge on any atom is -0.371 e. The number of nitrogens with one attached hydrogen (secondary N) is 1. The van der Waals surface area contributed by atoms with Gasteiger partial charge in [-0.15, -0.1) is 0 Å². The van der Waals surface area contributed by atoms with Gasteiger partial charge in [-0.25, -0.2) is 4.68 Å². The summed E-state index contributed by atoms with van der Waals surface area (Å²) in [6, 6.07) is 10.2. The van der Waals surface area contributed by atoms with Gasteiger partial charge in [0.25, 0.3) is 0 Å². The van der Waals surface area contributed by atoms with E-state index in [1.165, 1.54) is 0 Å². The van der Waals surface area contributed by atoms with E-state index in [1.807, 2.05) is 42.8 Å². The number of carbonyl (C=O) groups excluding carboxylic acids is 1. The molecule has 5 heteroatoms. The van der Waals surface area contributed by atoms with Crippen LogP contribution in [0.15, 0.2) is 36.5 Å². The summed E-state index contributed by atoms with van der Waals surface area (Å²) in [6.07, 6.45) is 2.25.